The molecule has 1 saturated heterocycles. The Balaban J connectivity index is 1.22. The molecule has 8 rings (SSSR count). The average Bonchev–Trinajstić information content (AvgIpc) is 3.80. The molecule has 4 aromatic heterocycles. The highest BCUT2D eigenvalue weighted by Crippen LogP contribution is 2.34. The molecule has 0 saturated carbocycles. The predicted octanol–water partition coefficient (Wildman–Crippen LogP) is 4.19. The minimum atomic E-state index is -0.794. The standard InChI is InChI=1S/C33H29F3N10O2/c1-43-14-21(48-2)15-44-17-39-26-10-19(35)8-22(30(26)44)25-4-3-5-29(42-25)41-20-11-28(33(43)47)45(13-20)31-23-12-40-46(32(23)38-16-37-31)27-7-6-18(34)9-24(27)36/h3-10,12,16-17,20-21,28H,11,13-15H2,1-2H3,(H,41,42)/t20-,21+,28-/m0/s1. The molecule has 2 aromatic carbocycles. The zero-order valence-corrected chi connectivity index (χ0v) is 25.9. The second-order valence-electron chi connectivity index (χ2n) is 12.0. The predicted molar refractivity (Wildman–Crippen MR) is 171 cm³/mol. The van der Waals surface area contributed by atoms with E-state index in [-0.39, 0.29) is 24.2 Å². The number of hydrogen-bond donors (Lipinski definition) is 1. The fourth-order valence-electron chi connectivity index (χ4n) is 6.76. The maximum Gasteiger partial charge on any atom is 0.245 e. The second kappa shape index (κ2) is 11.6. The summed E-state index contributed by atoms with van der Waals surface area (Å²) in [6, 6.07) is 10.7. The van der Waals surface area contributed by atoms with Crippen LogP contribution in [0, 0.1) is 17.5 Å². The van der Waals surface area contributed by atoms with Crippen molar-refractivity contribution in [2.45, 2.75) is 31.2 Å². The van der Waals surface area contributed by atoms with Gasteiger partial charge >= 0.3 is 0 Å². The summed E-state index contributed by atoms with van der Waals surface area (Å²) in [5, 5.41) is 8.33. The lowest BCUT2D eigenvalue weighted by atomic mass is 10.1. The summed E-state index contributed by atoms with van der Waals surface area (Å²) in [4.78, 5) is 36.0. The first kappa shape index (κ1) is 29.8. The van der Waals surface area contributed by atoms with E-state index in [0.29, 0.717) is 64.5 Å². The van der Waals surface area contributed by atoms with Gasteiger partial charge in [-0.05, 0) is 36.8 Å². The normalized spacial score (nSPS) is 19.9. The van der Waals surface area contributed by atoms with Crippen molar-refractivity contribution in [1.29, 1.82) is 0 Å². The van der Waals surface area contributed by atoms with Gasteiger partial charge in [0.25, 0.3) is 0 Å². The van der Waals surface area contributed by atoms with Gasteiger partial charge in [-0.1, -0.05) is 6.07 Å². The number of likely N-dealkylation sites (N-methyl/N-ethyl adjacent to an activating group) is 1. The van der Waals surface area contributed by atoms with Crippen LogP contribution in [0.5, 0.6) is 0 Å². The van der Waals surface area contributed by atoms with E-state index in [1.54, 1.807) is 25.4 Å². The number of methoxy groups -OCH3 is 1. The van der Waals surface area contributed by atoms with Crippen molar-refractivity contribution in [2.75, 3.05) is 37.5 Å². The molecule has 244 valence electrons. The van der Waals surface area contributed by atoms with Crippen LogP contribution in [-0.2, 0) is 16.1 Å². The van der Waals surface area contributed by atoms with Crippen molar-refractivity contribution in [3.63, 3.8) is 0 Å². The number of hydrogen-bond acceptors (Lipinski definition) is 9. The van der Waals surface area contributed by atoms with E-state index in [1.165, 1.54) is 35.4 Å². The monoisotopic (exact) mass is 654 g/mol. The SMILES string of the molecule is CO[C@@H]1CN(C)C(=O)[C@@H]2C[C@@H](CN2c2ncnc3c2cnn3-c2ccc(F)cc2F)Nc2cccc(n2)-c2cc(F)cc3ncn(c23)C1. The van der Waals surface area contributed by atoms with Crippen LogP contribution in [-0.4, -0.2) is 90.5 Å². The largest absolute Gasteiger partial charge is 0.378 e. The van der Waals surface area contributed by atoms with E-state index in [0.717, 1.165) is 12.1 Å². The molecule has 6 aromatic rings. The Morgan fingerprint density at radius 3 is 2.69 bits per heavy atom. The van der Waals surface area contributed by atoms with Crippen LogP contribution >= 0.6 is 0 Å². The number of carbonyl (C=O) groups excluding carboxylic acids is 1. The minimum absolute atomic E-state index is 0.0269. The summed E-state index contributed by atoms with van der Waals surface area (Å²) in [7, 11) is 3.32. The van der Waals surface area contributed by atoms with Crippen molar-refractivity contribution in [3.8, 4) is 16.9 Å². The first-order valence-electron chi connectivity index (χ1n) is 15.3. The third-order valence-corrected chi connectivity index (χ3v) is 8.98. The molecule has 0 radical (unpaired) electrons. The summed E-state index contributed by atoms with van der Waals surface area (Å²) in [5.74, 6) is -1.08. The Morgan fingerprint density at radius 1 is 0.979 bits per heavy atom. The third-order valence-electron chi connectivity index (χ3n) is 8.98. The van der Waals surface area contributed by atoms with Crippen molar-refractivity contribution in [1.82, 2.24) is 39.2 Å². The van der Waals surface area contributed by atoms with Gasteiger partial charge < -0.3 is 24.4 Å². The van der Waals surface area contributed by atoms with Crippen LogP contribution in [0.3, 0.4) is 0 Å². The average molecular weight is 655 g/mol. The summed E-state index contributed by atoms with van der Waals surface area (Å²) in [5.41, 5.74) is 2.68. The molecule has 6 heterocycles. The van der Waals surface area contributed by atoms with Crippen molar-refractivity contribution in [3.05, 3.63) is 84.8 Å². The molecule has 12 nitrogen and oxygen atoms in total. The summed E-state index contributed by atoms with van der Waals surface area (Å²) < 4.78 is 52.3. The molecular formula is C33H29F3N10O2. The highest BCUT2D eigenvalue weighted by Gasteiger charge is 2.40. The van der Waals surface area contributed by atoms with Crippen molar-refractivity contribution < 1.29 is 22.7 Å². The van der Waals surface area contributed by atoms with Gasteiger partial charge in [-0.25, -0.2) is 37.8 Å². The van der Waals surface area contributed by atoms with Gasteiger partial charge in [0.1, 0.15) is 41.3 Å². The molecule has 0 unspecified atom stereocenters. The Kier molecular flexibility index (Phi) is 7.20. The van der Waals surface area contributed by atoms with E-state index in [1.807, 2.05) is 27.7 Å². The van der Waals surface area contributed by atoms with Crippen LogP contribution in [0.25, 0.3) is 39.0 Å². The zero-order valence-electron chi connectivity index (χ0n) is 25.9. The molecule has 1 fully saturated rings. The molecule has 1 amide bonds. The van der Waals surface area contributed by atoms with E-state index in [4.69, 9.17) is 9.72 Å². The van der Waals surface area contributed by atoms with Crippen molar-refractivity contribution >= 4 is 39.6 Å². The van der Waals surface area contributed by atoms with E-state index >= 15 is 0 Å². The van der Waals surface area contributed by atoms with Crippen LogP contribution in [0.15, 0.2) is 67.4 Å². The number of amides is 1. The van der Waals surface area contributed by atoms with Crippen LogP contribution in [0.1, 0.15) is 6.42 Å². The van der Waals surface area contributed by atoms with Crippen LogP contribution in [0.4, 0.5) is 24.8 Å². The minimum Gasteiger partial charge on any atom is -0.378 e. The third kappa shape index (κ3) is 5.06. The Hall–Kier alpha value is -5.57. The maximum absolute atomic E-state index is 14.8. The lowest BCUT2D eigenvalue weighted by molar-refractivity contribution is -0.132. The summed E-state index contributed by atoms with van der Waals surface area (Å²) in [6.45, 7) is 0.980. The second-order valence-corrected chi connectivity index (χ2v) is 12.0. The lowest BCUT2D eigenvalue weighted by Gasteiger charge is -2.30. The Labute approximate surface area is 271 Å². The number of nitrogens with zero attached hydrogens (tertiary/aromatic N) is 9. The summed E-state index contributed by atoms with van der Waals surface area (Å²) in [6.07, 6.45) is 4.48. The highest BCUT2D eigenvalue weighted by molar-refractivity contribution is 5.93. The molecule has 48 heavy (non-hydrogen) atoms. The fraction of sp³-hybridized carbons (Fsp3) is 0.273. The fourth-order valence-corrected chi connectivity index (χ4v) is 6.76. The number of benzene rings is 2. The van der Waals surface area contributed by atoms with E-state index < -0.39 is 29.6 Å². The highest BCUT2D eigenvalue weighted by atomic mass is 19.1. The van der Waals surface area contributed by atoms with Gasteiger partial charge in [-0.3, -0.25) is 4.79 Å². The van der Waals surface area contributed by atoms with Crippen LogP contribution < -0.4 is 10.2 Å². The van der Waals surface area contributed by atoms with Gasteiger partial charge in [0.2, 0.25) is 5.91 Å². The first-order valence-corrected chi connectivity index (χ1v) is 15.3. The van der Waals surface area contributed by atoms with E-state index in [2.05, 4.69) is 25.4 Å². The topological polar surface area (TPSA) is 119 Å². The number of fused-ring (bicyclic) bond motifs is 6. The summed E-state index contributed by atoms with van der Waals surface area (Å²) >= 11 is 0. The van der Waals surface area contributed by atoms with Gasteiger partial charge in [0.05, 0.1) is 47.3 Å². The molecular weight excluding hydrogens is 625 g/mol. The number of rotatable bonds is 3. The Morgan fingerprint density at radius 2 is 1.85 bits per heavy atom. The first-order chi connectivity index (χ1) is 23.3. The number of halogens is 3. The zero-order chi connectivity index (χ0) is 33.1. The molecule has 15 heteroatoms. The number of nitrogens with one attached hydrogen (secondary N) is 1. The molecule has 2 aliphatic rings. The van der Waals surface area contributed by atoms with Crippen molar-refractivity contribution in [2.24, 2.45) is 0 Å². The molecule has 2 aliphatic heterocycles. The molecule has 4 bridgehead atoms. The Bertz CT molecular complexity index is 2200. The molecule has 1 N–H and O–H groups in total. The maximum atomic E-state index is 14.8. The number of pyridine rings is 1. The molecule has 0 aliphatic carbocycles. The number of ether oxygens (including phenoxy) is 1. The van der Waals surface area contributed by atoms with Gasteiger partial charge in [0.15, 0.2) is 11.5 Å². The molecule has 3 atom stereocenters. The number of anilines is 2. The number of imidazole rings is 1. The smallest absolute Gasteiger partial charge is 0.245 e. The molecule has 0 spiro atoms. The quantitative estimate of drug-likeness (QED) is 0.300. The van der Waals surface area contributed by atoms with E-state index in [9.17, 15) is 18.0 Å². The number of aromatic nitrogens is 7. The van der Waals surface area contributed by atoms with Gasteiger partial charge in [-0.15, -0.1) is 0 Å². The van der Waals surface area contributed by atoms with Gasteiger partial charge in [0, 0.05) is 51.0 Å². The number of carbonyl (C=O) groups is 1. The lowest BCUT2D eigenvalue weighted by Crippen LogP contribution is -2.47. The van der Waals surface area contributed by atoms with Crippen LogP contribution in [0.2, 0.25) is 0 Å². The van der Waals surface area contributed by atoms with Gasteiger partial charge in [-0.2, -0.15) is 5.10 Å².